The molecule has 3 aromatic carbocycles. The van der Waals surface area contributed by atoms with E-state index in [0.717, 1.165) is 22.3 Å². The molecule has 0 unspecified atom stereocenters. The van der Waals surface area contributed by atoms with E-state index in [9.17, 15) is 10.1 Å². The number of aromatic nitrogens is 4. The van der Waals surface area contributed by atoms with Gasteiger partial charge in [-0.2, -0.15) is 0 Å². The Morgan fingerprint density at radius 3 is 2.34 bits per heavy atom. The van der Waals surface area contributed by atoms with Crippen LogP contribution >= 0.6 is 0 Å². The van der Waals surface area contributed by atoms with Crippen molar-refractivity contribution in [2.75, 3.05) is 0 Å². The first-order valence-corrected chi connectivity index (χ1v) is 9.08. The minimum atomic E-state index is -0.408. The van der Waals surface area contributed by atoms with Gasteiger partial charge < -0.3 is 0 Å². The summed E-state index contributed by atoms with van der Waals surface area (Å²) in [6, 6.07) is 22.0. The zero-order chi connectivity index (χ0) is 20.0. The molecule has 0 saturated carbocycles. The standard InChI is InChI=1S/C22H15N5O2/c1-14-7-2-5-12-19(14)26-21(15-8-6-9-16(13-15)27(28)29)25-20-22(26)24-18-11-4-3-10-17(18)23-20/h2-13H,1H3. The number of nitro groups is 1. The third-order valence-corrected chi connectivity index (χ3v) is 4.84. The molecule has 0 aliphatic carbocycles. The lowest BCUT2D eigenvalue weighted by molar-refractivity contribution is -0.384. The molecule has 0 aliphatic rings. The monoisotopic (exact) mass is 381 g/mol. The van der Waals surface area contributed by atoms with Gasteiger partial charge in [-0.1, -0.05) is 42.5 Å². The fourth-order valence-corrected chi connectivity index (χ4v) is 3.45. The fourth-order valence-electron chi connectivity index (χ4n) is 3.45. The van der Waals surface area contributed by atoms with E-state index >= 15 is 0 Å². The van der Waals surface area contributed by atoms with Crippen LogP contribution in [0.3, 0.4) is 0 Å². The van der Waals surface area contributed by atoms with E-state index in [4.69, 9.17) is 9.97 Å². The molecular formula is C22H15N5O2. The highest BCUT2D eigenvalue weighted by Crippen LogP contribution is 2.31. The normalized spacial score (nSPS) is 11.2. The number of non-ortho nitro benzene ring substituents is 1. The van der Waals surface area contributed by atoms with Gasteiger partial charge in [0.2, 0.25) is 0 Å². The Balaban J connectivity index is 1.89. The second kappa shape index (κ2) is 6.49. The predicted octanol–water partition coefficient (Wildman–Crippen LogP) is 4.85. The molecule has 0 N–H and O–H groups in total. The number of imidazole rings is 1. The van der Waals surface area contributed by atoms with Crippen LogP contribution in [-0.2, 0) is 0 Å². The Labute approximate surface area is 165 Å². The van der Waals surface area contributed by atoms with Gasteiger partial charge in [-0.05, 0) is 30.7 Å². The van der Waals surface area contributed by atoms with Gasteiger partial charge in [0.25, 0.3) is 5.69 Å². The molecule has 5 rings (SSSR count). The van der Waals surface area contributed by atoms with Crippen molar-refractivity contribution in [3.05, 3.63) is 88.5 Å². The molecule has 0 spiro atoms. The molecule has 5 aromatic rings. The second-order valence-electron chi connectivity index (χ2n) is 6.72. The first-order valence-electron chi connectivity index (χ1n) is 9.08. The molecule has 2 aromatic heterocycles. The molecule has 0 atom stereocenters. The molecule has 29 heavy (non-hydrogen) atoms. The van der Waals surface area contributed by atoms with Crippen molar-refractivity contribution in [1.29, 1.82) is 0 Å². The lowest BCUT2D eigenvalue weighted by Gasteiger charge is -2.11. The van der Waals surface area contributed by atoms with Crippen LogP contribution in [0.15, 0.2) is 72.8 Å². The summed E-state index contributed by atoms with van der Waals surface area (Å²) in [4.78, 5) is 25.1. The SMILES string of the molecule is Cc1ccccc1-n1c(-c2cccc([N+](=O)[O-])c2)nc2nc3ccccc3nc21. The molecule has 0 aliphatic heterocycles. The fraction of sp³-hybridized carbons (Fsp3) is 0.0455. The van der Waals surface area contributed by atoms with Crippen molar-refractivity contribution in [1.82, 2.24) is 19.5 Å². The van der Waals surface area contributed by atoms with E-state index in [1.807, 2.05) is 66.1 Å². The largest absolute Gasteiger partial charge is 0.275 e. The summed E-state index contributed by atoms with van der Waals surface area (Å²) in [5, 5.41) is 11.3. The third-order valence-electron chi connectivity index (χ3n) is 4.84. The maximum Gasteiger partial charge on any atom is 0.270 e. The molecule has 2 heterocycles. The van der Waals surface area contributed by atoms with Crippen molar-refractivity contribution in [3.8, 4) is 17.1 Å². The number of para-hydroxylation sites is 3. The van der Waals surface area contributed by atoms with E-state index in [1.54, 1.807) is 6.07 Å². The van der Waals surface area contributed by atoms with Gasteiger partial charge in [-0.15, -0.1) is 0 Å². The lowest BCUT2D eigenvalue weighted by Crippen LogP contribution is -2.01. The number of aryl methyl sites for hydroxylation is 1. The number of hydrogen-bond donors (Lipinski definition) is 0. The van der Waals surface area contributed by atoms with Crippen LogP contribution in [0.2, 0.25) is 0 Å². The molecule has 140 valence electrons. The van der Waals surface area contributed by atoms with Crippen molar-refractivity contribution in [2.24, 2.45) is 0 Å². The van der Waals surface area contributed by atoms with Crippen molar-refractivity contribution < 1.29 is 4.92 Å². The van der Waals surface area contributed by atoms with Crippen LogP contribution in [0.5, 0.6) is 0 Å². The predicted molar refractivity (Wildman–Crippen MR) is 111 cm³/mol. The Morgan fingerprint density at radius 2 is 1.59 bits per heavy atom. The summed E-state index contributed by atoms with van der Waals surface area (Å²) in [6.45, 7) is 2.01. The van der Waals surface area contributed by atoms with E-state index in [2.05, 4.69) is 4.98 Å². The van der Waals surface area contributed by atoms with Crippen LogP contribution in [-0.4, -0.2) is 24.4 Å². The number of rotatable bonds is 3. The summed E-state index contributed by atoms with van der Waals surface area (Å²) < 4.78 is 1.92. The van der Waals surface area contributed by atoms with Crippen molar-refractivity contribution >= 4 is 28.0 Å². The lowest BCUT2D eigenvalue weighted by atomic mass is 10.1. The first kappa shape index (κ1) is 17.0. The molecule has 0 radical (unpaired) electrons. The Hall–Kier alpha value is -4.13. The van der Waals surface area contributed by atoms with Crippen molar-refractivity contribution in [2.45, 2.75) is 6.92 Å². The number of nitrogens with zero attached hydrogens (tertiary/aromatic N) is 5. The van der Waals surface area contributed by atoms with Crippen LogP contribution in [0.1, 0.15) is 5.56 Å². The zero-order valence-electron chi connectivity index (χ0n) is 15.5. The van der Waals surface area contributed by atoms with Gasteiger partial charge in [-0.3, -0.25) is 14.7 Å². The van der Waals surface area contributed by atoms with Crippen LogP contribution < -0.4 is 0 Å². The Kier molecular flexibility index (Phi) is 3.80. The summed E-state index contributed by atoms with van der Waals surface area (Å²) in [5.41, 5.74) is 5.20. The first-order chi connectivity index (χ1) is 14.1. The highest BCUT2D eigenvalue weighted by atomic mass is 16.6. The number of hydrogen-bond acceptors (Lipinski definition) is 5. The average molecular weight is 381 g/mol. The molecule has 0 bridgehead atoms. The molecule has 0 amide bonds. The van der Waals surface area contributed by atoms with Crippen LogP contribution in [0.4, 0.5) is 5.69 Å². The van der Waals surface area contributed by atoms with Gasteiger partial charge >= 0.3 is 0 Å². The number of benzene rings is 3. The van der Waals surface area contributed by atoms with E-state index in [-0.39, 0.29) is 5.69 Å². The van der Waals surface area contributed by atoms with E-state index < -0.39 is 4.92 Å². The van der Waals surface area contributed by atoms with Gasteiger partial charge in [0.05, 0.1) is 21.6 Å². The molecule has 0 fully saturated rings. The quantitative estimate of drug-likeness (QED) is 0.329. The molecular weight excluding hydrogens is 366 g/mol. The second-order valence-corrected chi connectivity index (χ2v) is 6.72. The Bertz CT molecular complexity index is 1410. The maximum absolute atomic E-state index is 11.3. The molecule has 7 nitrogen and oxygen atoms in total. The minimum Gasteiger partial charge on any atom is -0.275 e. The van der Waals surface area contributed by atoms with Crippen LogP contribution in [0, 0.1) is 17.0 Å². The minimum absolute atomic E-state index is 0.0111. The zero-order valence-corrected chi connectivity index (χ0v) is 15.5. The molecule has 7 heteroatoms. The average Bonchev–Trinajstić information content (AvgIpc) is 3.10. The van der Waals surface area contributed by atoms with E-state index in [1.165, 1.54) is 12.1 Å². The topological polar surface area (TPSA) is 86.7 Å². The third kappa shape index (κ3) is 2.80. The number of nitro benzene ring substituents is 1. The van der Waals surface area contributed by atoms with Gasteiger partial charge in [-0.25, -0.2) is 15.0 Å². The number of fused-ring (bicyclic) bond motifs is 2. The van der Waals surface area contributed by atoms with E-state index in [0.29, 0.717) is 22.7 Å². The van der Waals surface area contributed by atoms with Gasteiger partial charge in [0.15, 0.2) is 11.3 Å². The van der Waals surface area contributed by atoms with Gasteiger partial charge in [0.1, 0.15) is 5.82 Å². The highest BCUT2D eigenvalue weighted by molar-refractivity contribution is 5.86. The summed E-state index contributed by atoms with van der Waals surface area (Å²) in [5.74, 6) is 0.563. The highest BCUT2D eigenvalue weighted by Gasteiger charge is 2.20. The maximum atomic E-state index is 11.3. The smallest absolute Gasteiger partial charge is 0.270 e. The molecule has 0 saturated heterocycles. The van der Waals surface area contributed by atoms with Crippen LogP contribution in [0.25, 0.3) is 39.4 Å². The summed E-state index contributed by atoms with van der Waals surface area (Å²) >= 11 is 0. The summed E-state index contributed by atoms with van der Waals surface area (Å²) in [7, 11) is 0. The van der Waals surface area contributed by atoms with Crippen molar-refractivity contribution in [3.63, 3.8) is 0 Å². The Morgan fingerprint density at radius 1 is 0.862 bits per heavy atom. The summed E-state index contributed by atoms with van der Waals surface area (Å²) in [6.07, 6.45) is 0. The van der Waals surface area contributed by atoms with Gasteiger partial charge in [0, 0.05) is 17.7 Å².